The number of rotatable bonds is 1. The Balaban J connectivity index is 2.02. The van der Waals surface area contributed by atoms with Crippen molar-refractivity contribution < 1.29 is 4.39 Å². The van der Waals surface area contributed by atoms with Crippen LogP contribution in [0.15, 0.2) is 71.7 Å². The number of para-hydroxylation sites is 1. The predicted molar refractivity (Wildman–Crippen MR) is 97.7 cm³/mol. The summed E-state index contributed by atoms with van der Waals surface area (Å²) in [7, 11) is 2.01. The molecule has 3 aromatic carbocycles. The topological polar surface area (TPSA) is 15.6 Å². The normalized spacial score (nSPS) is 13.0. The number of nitrogens with zero attached hydrogens (tertiary/aromatic N) is 2. The first-order valence-corrected chi connectivity index (χ1v) is 7.98. The summed E-state index contributed by atoms with van der Waals surface area (Å²) in [5, 5.41) is 0.635. The molecule has 0 aromatic heterocycles. The zero-order valence-corrected chi connectivity index (χ0v) is 13.8. The largest absolute Gasteiger partial charge is 0.342 e. The maximum absolute atomic E-state index is 13.3. The van der Waals surface area contributed by atoms with Gasteiger partial charge in [-0.3, -0.25) is 0 Å². The number of aliphatic imine (C=N–C) groups is 1. The van der Waals surface area contributed by atoms with E-state index in [1.807, 2.05) is 43.4 Å². The number of halogens is 2. The third kappa shape index (κ3) is 2.47. The molecule has 0 spiro atoms. The number of benzene rings is 3. The molecule has 0 saturated carbocycles. The van der Waals surface area contributed by atoms with Gasteiger partial charge in [0.15, 0.2) is 0 Å². The summed E-state index contributed by atoms with van der Waals surface area (Å²) in [4.78, 5) is 6.96. The Hall–Kier alpha value is -2.65. The van der Waals surface area contributed by atoms with Gasteiger partial charge in [0.1, 0.15) is 5.82 Å². The van der Waals surface area contributed by atoms with Gasteiger partial charge in [-0.05, 0) is 48.5 Å². The second kappa shape index (κ2) is 5.77. The van der Waals surface area contributed by atoms with E-state index in [-0.39, 0.29) is 5.82 Å². The van der Waals surface area contributed by atoms with E-state index in [1.54, 1.807) is 12.1 Å². The molecule has 0 N–H and O–H groups in total. The standard InChI is InChI=1S/C20H14ClFN2/c1-24-18-5-3-2-4-16(18)20(13-6-9-15(22)10-7-13)23-17-12-14(21)8-11-19(17)24/h2-12H,1H3. The lowest BCUT2D eigenvalue weighted by molar-refractivity contribution is 0.628. The van der Waals surface area contributed by atoms with Crippen LogP contribution in [0.2, 0.25) is 5.02 Å². The minimum absolute atomic E-state index is 0.262. The van der Waals surface area contributed by atoms with Crippen molar-refractivity contribution in [2.45, 2.75) is 0 Å². The molecule has 1 aliphatic rings. The first-order chi connectivity index (χ1) is 11.6. The van der Waals surface area contributed by atoms with Gasteiger partial charge in [0.05, 0.1) is 22.8 Å². The number of anilines is 2. The Morgan fingerprint density at radius 1 is 0.917 bits per heavy atom. The van der Waals surface area contributed by atoms with Crippen molar-refractivity contribution in [3.8, 4) is 0 Å². The molecule has 2 nitrogen and oxygen atoms in total. The average Bonchev–Trinajstić information content (AvgIpc) is 2.71. The zero-order valence-electron chi connectivity index (χ0n) is 13.0. The van der Waals surface area contributed by atoms with Gasteiger partial charge in [0, 0.05) is 23.2 Å². The molecule has 118 valence electrons. The molecule has 0 saturated heterocycles. The van der Waals surface area contributed by atoms with Gasteiger partial charge in [-0.1, -0.05) is 29.8 Å². The molecule has 4 heteroatoms. The lowest BCUT2D eigenvalue weighted by atomic mass is 10.0. The molecule has 4 rings (SSSR count). The molecule has 0 fully saturated rings. The first kappa shape index (κ1) is 14.9. The lowest BCUT2D eigenvalue weighted by Crippen LogP contribution is -2.12. The fourth-order valence-corrected chi connectivity index (χ4v) is 3.14. The van der Waals surface area contributed by atoms with Gasteiger partial charge in [0.25, 0.3) is 0 Å². The fourth-order valence-electron chi connectivity index (χ4n) is 2.97. The highest BCUT2D eigenvalue weighted by Gasteiger charge is 2.21. The molecule has 1 heterocycles. The van der Waals surface area contributed by atoms with Crippen LogP contribution in [0.5, 0.6) is 0 Å². The van der Waals surface area contributed by atoms with E-state index < -0.39 is 0 Å². The summed E-state index contributed by atoms with van der Waals surface area (Å²) in [5.74, 6) is -0.262. The van der Waals surface area contributed by atoms with E-state index in [1.165, 1.54) is 12.1 Å². The summed E-state index contributed by atoms with van der Waals surface area (Å²) in [6.45, 7) is 0. The molecular formula is C20H14ClFN2. The smallest absolute Gasteiger partial charge is 0.123 e. The third-order valence-electron chi connectivity index (χ3n) is 4.17. The molecule has 24 heavy (non-hydrogen) atoms. The molecule has 1 aliphatic heterocycles. The average molecular weight is 337 g/mol. The fraction of sp³-hybridized carbons (Fsp3) is 0.0500. The predicted octanol–water partition coefficient (Wildman–Crippen LogP) is 5.73. The summed E-state index contributed by atoms with van der Waals surface area (Å²) in [6.07, 6.45) is 0. The Morgan fingerprint density at radius 3 is 2.46 bits per heavy atom. The van der Waals surface area contributed by atoms with Crippen LogP contribution in [-0.2, 0) is 0 Å². The SMILES string of the molecule is CN1c2ccc(Cl)cc2N=C(c2ccc(F)cc2)c2ccccc21. The van der Waals surface area contributed by atoms with Gasteiger partial charge < -0.3 is 4.90 Å². The number of fused-ring (bicyclic) bond motifs is 2. The van der Waals surface area contributed by atoms with Crippen molar-refractivity contribution in [2.24, 2.45) is 4.99 Å². The molecule has 0 unspecified atom stereocenters. The molecule has 0 atom stereocenters. The molecule has 0 amide bonds. The third-order valence-corrected chi connectivity index (χ3v) is 4.40. The molecule has 0 radical (unpaired) electrons. The highest BCUT2D eigenvalue weighted by Crippen LogP contribution is 2.40. The van der Waals surface area contributed by atoms with Crippen LogP contribution in [0.25, 0.3) is 0 Å². The lowest BCUT2D eigenvalue weighted by Gasteiger charge is -2.21. The minimum Gasteiger partial charge on any atom is -0.342 e. The van der Waals surface area contributed by atoms with Crippen LogP contribution < -0.4 is 4.90 Å². The van der Waals surface area contributed by atoms with E-state index in [9.17, 15) is 4.39 Å². The van der Waals surface area contributed by atoms with Crippen LogP contribution in [0.1, 0.15) is 11.1 Å². The molecule has 0 bridgehead atoms. The zero-order chi connectivity index (χ0) is 16.7. The quantitative estimate of drug-likeness (QED) is 0.554. The van der Waals surface area contributed by atoms with Crippen LogP contribution in [-0.4, -0.2) is 12.8 Å². The van der Waals surface area contributed by atoms with Crippen molar-refractivity contribution in [1.29, 1.82) is 0 Å². The van der Waals surface area contributed by atoms with Crippen molar-refractivity contribution in [1.82, 2.24) is 0 Å². The van der Waals surface area contributed by atoms with Crippen molar-refractivity contribution >= 4 is 34.4 Å². The Labute approximate surface area is 144 Å². The van der Waals surface area contributed by atoms with E-state index >= 15 is 0 Å². The maximum atomic E-state index is 13.3. The van der Waals surface area contributed by atoms with Gasteiger partial charge >= 0.3 is 0 Å². The Bertz CT molecular complexity index is 948. The van der Waals surface area contributed by atoms with Gasteiger partial charge in [-0.2, -0.15) is 0 Å². The Morgan fingerprint density at radius 2 is 1.67 bits per heavy atom. The monoisotopic (exact) mass is 336 g/mol. The summed E-state index contributed by atoms with van der Waals surface area (Å²) < 4.78 is 13.3. The first-order valence-electron chi connectivity index (χ1n) is 7.61. The van der Waals surface area contributed by atoms with Crippen LogP contribution in [0.3, 0.4) is 0 Å². The van der Waals surface area contributed by atoms with Crippen molar-refractivity contribution in [3.05, 3.63) is 88.7 Å². The van der Waals surface area contributed by atoms with E-state index in [0.29, 0.717) is 5.02 Å². The van der Waals surface area contributed by atoms with Gasteiger partial charge in [-0.25, -0.2) is 9.38 Å². The van der Waals surface area contributed by atoms with E-state index in [2.05, 4.69) is 11.0 Å². The molecule has 3 aromatic rings. The van der Waals surface area contributed by atoms with Gasteiger partial charge in [0.2, 0.25) is 0 Å². The van der Waals surface area contributed by atoms with Gasteiger partial charge in [-0.15, -0.1) is 0 Å². The highest BCUT2D eigenvalue weighted by atomic mass is 35.5. The molecule has 0 aliphatic carbocycles. The summed E-state index contributed by atoms with van der Waals surface area (Å²) >= 11 is 6.17. The molecular weight excluding hydrogens is 323 g/mol. The summed E-state index contributed by atoms with van der Waals surface area (Å²) in [5.41, 5.74) is 5.48. The highest BCUT2D eigenvalue weighted by molar-refractivity contribution is 6.31. The minimum atomic E-state index is -0.262. The second-order valence-corrected chi connectivity index (χ2v) is 6.11. The number of hydrogen-bond donors (Lipinski definition) is 0. The number of hydrogen-bond acceptors (Lipinski definition) is 2. The van der Waals surface area contributed by atoms with Crippen molar-refractivity contribution in [3.63, 3.8) is 0 Å². The van der Waals surface area contributed by atoms with Crippen LogP contribution in [0, 0.1) is 5.82 Å². The Kier molecular flexibility index (Phi) is 3.58. The van der Waals surface area contributed by atoms with Crippen LogP contribution in [0.4, 0.5) is 21.5 Å². The summed E-state index contributed by atoms with van der Waals surface area (Å²) in [6, 6.07) is 20.1. The second-order valence-electron chi connectivity index (χ2n) is 5.68. The maximum Gasteiger partial charge on any atom is 0.123 e. The van der Waals surface area contributed by atoms with E-state index in [4.69, 9.17) is 16.6 Å². The van der Waals surface area contributed by atoms with Crippen LogP contribution >= 0.6 is 11.6 Å². The van der Waals surface area contributed by atoms with Crippen molar-refractivity contribution in [2.75, 3.05) is 11.9 Å². The van der Waals surface area contributed by atoms with E-state index in [0.717, 1.165) is 33.9 Å².